The largest absolute Gasteiger partial charge is 0.489 e. The van der Waals surface area contributed by atoms with Gasteiger partial charge < -0.3 is 10.1 Å². The van der Waals surface area contributed by atoms with Crippen LogP contribution in [-0.4, -0.2) is 0 Å². The van der Waals surface area contributed by atoms with Crippen molar-refractivity contribution in [1.29, 1.82) is 0 Å². The molecule has 0 heterocycles. The maximum atomic E-state index is 5.71. The van der Waals surface area contributed by atoms with Crippen molar-refractivity contribution in [3.8, 4) is 0 Å². The Morgan fingerprint density at radius 1 is 1.09 bits per heavy atom. The zero-order chi connectivity index (χ0) is 15.6. The summed E-state index contributed by atoms with van der Waals surface area (Å²) in [6.45, 7) is 6.38. The Balaban J connectivity index is 1.85. The summed E-state index contributed by atoms with van der Waals surface area (Å²) in [7, 11) is 0. The molecule has 0 aromatic heterocycles. The summed E-state index contributed by atoms with van der Waals surface area (Å²) in [5, 5.41) is 3.21. The summed E-state index contributed by atoms with van der Waals surface area (Å²) in [5.74, 6) is 0.741. The zero-order valence-electron chi connectivity index (χ0n) is 12.8. The van der Waals surface area contributed by atoms with Crippen LogP contribution >= 0.6 is 0 Å². The number of benzene rings is 2. The van der Waals surface area contributed by atoms with Gasteiger partial charge >= 0.3 is 0 Å². The smallest absolute Gasteiger partial charge is 0.119 e. The maximum absolute atomic E-state index is 5.71. The van der Waals surface area contributed by atoms with Crippen molar-refractivity contribution in [2.75, 3.05) is 5.32 Å². The number of hydrogen-bond acceptors (Lipinski definition) is 2. The second-order valence-electron chi connectivity index (χ2n) is 4.92. The molecule has 0 aliphatic rings. The third-order valence-corrected chi connectivity index (χ3v) is 3.11. The highest BCUT2D eigenvalue weighted by atomic mass is 16.5. The lowest BCUT2D eigenvalue weighted by Gasteiger charge is -2.06. The Morgan fingerprint density at radius 3 is 2.50 bits per heavy atom. The maximum Gasteiger partial charge on any atom is 0.119 e. The van der Waals surface area contributed by atoms with Crippen LogP contribution in [0, 0.1) is 6.92 Å². The summed E-state index contributed by atoms with van der Waals surface area (Å²) in [6, 6.07) is 18.3. The minimum absolute atomic E-state index is 0.540. The molecule has 2 rings (SSSR count). The van der Waals surface area contributed by atoms with Crippen molar-refractivity contribution >= 4 is 5.69 Å². The fourth-order valence-corrected chi connectivity index (χ4v) is 1.85. The molecule has 0 spiro atoms. The molecule has 0 unspecified atom stereocenters. The van der Waals surface area contributed by atoms with E-state index in [-0.39, 0.29) is 0 Å². The average molecular weight is 291 g/mol. The second kappa shape index (κ2) is 8.53. The number of nitrogens with one attached hydrogen (secondary N) is 1. The summed E-state index contributed by atoms with van der Waals surface area (Å²) in [6.07, 6.45) is 7.37. The average Bonchev–Trinajstić information content (AvgIpc) is 2.57. The van der Waals surface area contributed by atoms with E-state index in [1.165, 1.54) is 5.56 Å². The number of hydrogen-bond donors (Lipinski definition) is 1. The predicted molar refractivity (Wildman–Crippen MR) is 93.5 cm³/mol. The van der Waals surface area contributed by atoms with Crippen molar-refractivity contribution in [3.05, 3.63) is 102 Å². The normalized spacial score (nSPS) is 11.4. The van der Waals surface area contributed by atoms with Crippen molar-refractivity contribution in [1.82, 2.24) is 0 Å². The zero-order valence-corrected chi connectivity index (χ0v) is 12.8. The fourth-order valence-electron chi connectivity index (χ4n) is 1.85. The lowest BCUT2D eigenvalue weighted by molar-refractivity contribution is 0.211. The van der Waals surface area contributed by atoms with E-state index in [9.17, 15) is 0 Å². The molecular weight excluding hydrogens is 270 g/mol. The van der Waals surface area contributed by atoms with E-state index >= 15 is 0 Å². The van der Waals surface area contributed by atoms with E-state index < -0.39 is 0 Å². The summed E-state index contributed by atoms with van der Waals surface area (Å²) >= 11 is 0. The molecule has 112 valence electrons. The number of aryl methyl sites for hydroxylation is 1. The quantitative estimate of drug-likeness (QED) is 0.558. The van der Waals surface area contributed by atoms with Crippen LogP contribution in [0.4, 0.5) is 5.69 Å². The van der Waals surface area contributed by atoms with Crippen molar-refractivity contribution in [3.63, 3.8) is 0 Å². The minimum atomic E-state index is 0.540. The fraction of sp³-hybridized carbons (Fsp3) is 0.100. The first-order chi connectivity index (χ1) is 10.8. The van der Waals surface area contributed by atoms with Crippen molar-refractivity contribution < 1.29 is 4.74 Å². The highest BCUT2D eigenvalue weighted by Gasteiger charge is 1.93. The standard InChI is InChI=1S/C20H21NO/c1-3-20(22-16-18-8-5-4-6-9-18)10-7-15-21-19-13-11-17(2)12-14-19/h3-15,21H,1,16H2,2H3/b15-7+,20-10+. The van der Waals surface area contributed by atoms with Crippen LogP contribution < -0.4 is 5.32 Å². The predicted octanol–water partition coefficient (Wildman–Crippen LogP) is 5.21. The SMILES string of the molecule is C=C/C(=C\C=C\Nc1ccc(C)cc1)OCc1ccccc1. The van der Waals surface area contributed by atoms with Crippen LogP contribution in [-0.2, 0) is 11.3 Å². The number of rotatable bonds is 7. The highest BCUT2D eigenvalue weighted by Crippen LogP contribution is 2.09. The van der Waals surface area contributed by atoms with Crippen molar-refractivity contribution in [2.45, 2.75) is 13.5 Å². The number of allylic oxidation sites excluding steroid dienone is 3. The molecule has 0 amide bonds. The van der Waals surface area contributed by atoms with Crippen molar-refractivity contribution in [2.24, 2.45) is 0 Å². The molecule has 2 aromatic carbocycles. The Morgan fingerprint density at radius 2 is 1.82 bits per heavy atom. The first-order valence-corrected chi connectivity index (χ1v) is 7.27. The topological polar surface area (TPSA) is 21.3 Å². The molecule has 0 aliphatic carbocycles. The van der Waals surface area contributed by atoms with Crippen LogP contribution in [0.3, 0.4) is 0 Å². The molecule has 2 heteroatoms. The summed E-state index contributed by atoms with van der Waals surface area (Å²) < 4.78 is 5.71. The van der Waals surface area contributed by atoms with Gasteiger partial charge in [0, 0.05) is 11.9 Å². The van der Waals surface area contributed by atoms with E-state index in [1.54, 1.807) is 6.08 Å². The summed E-state index contributed by atoms with van der Waals surface area (Å²) in [5.41, 5.74) is 3.44. The Kier molecular flexibility index (Phi) is 6.06. The van der Waals surface area contributed by atoms with E-state index in [2.05, 4.69) is 31.0 Å². The molecule has 1 N–H and O–H groups in total. The van der Waals surface area contributed by atoms with Gasteiger partial charge in [0.1, 0.15) is 12.4 Å². The lowest BCUT2D eigenvalue weighted by Crippen LogP contribution is -1.91. The number of ether oxygens (including phenoxy) is 1. The molecule has 0 aliphatic heterocycles. The third kappa shape index (κ3) is 5.33. The van der Waals surface area contributed by atoms with Gasteiger partial charge in [-0.15, -0.1) is 0 Å². The van der Waals surface area contributed by atoms with E-state index in [0.29, 0.717) is 6.61 Å². The van der Waals surface area contributed by atoms with Gasteiger partial charge in [-0.25, -0.2) is 0 Å². The van der Waals surface area contributed by atoms with Gasteiger partial charge in [-0.3, -0.25) is 0 Å². The third-order valence-electron chi connectivity index (χ3n) is 3.11. The van der Waals surface area contributed by atoms with Gasteiger partial charge in [0.2, 0.25) is 0 Å². The van der Waals surface area contributed by atoms with Gasteiger partial charge in [-0.05, 0) is 42.8 Å². The van der Waals surface area contributed by atoms with Gasteiger partial charge in [-0.1, -0.05) is 54.6 Å². The van der Waals surface area contributed by atoms with E-state index in [4.69, 9.17) is 4.74 Å². The molecule has 0 fully saturated rings. The van der Waals surface area contributed by atoms with Crippen LogP contribution in [0.1, 0.15) is 11.1 Å². The summed E-state index contributed by atoms with van der Waals surface area (Å²) in [4.78, 5) is 0. The minimum Gasteiger partial charge on any atom is -0.489 e. The van der Waals surface area contributed by atoms with Gasteiger partial charge in [0.25, 0.3) is 0 Å². The Hall–Kier alpha value is -2.74. The van der Waals surface area contributed by atoms with Crippen LogP contribution in [0.2, 0.25) is 0 Å². The second-order valence-corrected chi connectivity index (χ2v) is 4.92. The van der Waals surface area contributed by atoms with E-state index in [1.807, 2.05) is 60.8 Å². The first-order valence-electron chi connectivity index (χ1n) is 7.27. The Labute approximate surface area is 132 Å². The molecule has 0 bridgehead atoms. The molecule has 22 heavy (non-hydrogen) atoms. The molecule has 0 radical (unpaired) electrons. The molecule has 2 aromatic rings. The lowest BCUT2D eigenvalue weighted by atomic mass is 10.2. The molecule has 0 saturated heterocycles. The molecule has 2 nitrogen and oxygen atoms in total. The van der Waals surface area contributed by atoms with Crippen LogP contribution in [0.15, 0.2) is 91.4 Å². The molecule has 0 atom stereocenters. The van der Waals surface area contributed by atoms with Crippen LogP contribution in [0.5, 0.6) is 0 Å². The van der Waals surface area contributed by atoms with Crippen LogP contribution in [0.25, 0.3) is 0 Å². The molecular formula is C20H21NO. The molecule has 0 saturated carbocycles. The van der Waals surface area contributed by atoms with Gasteiger partial charge in [-0.2, -0.15) is 0 Å². The Bertz CT molecular complexity index is 639. The van der Waals surface area contributed by atoms with Gasteiger partial charge in [0.15, 0.2) is 0 Å². The number of anilines is 1. The first kappa shape index (κ1) is 15.6. The van der Waals surface area contributed by atoms with Gasteiger partial charge in [0.05, 0.1) is 0 Å². The monoisotopic (exact) mass is 291 g/mol. The highest BCUT2D eigenvalue weighted by molar-refractivity contribution is 5.46. The van der Waals surface area contributed by atoms with E-state index in [0.717, 1.165) is 17.0 Å².